The molecule has 0 aliphatic heterocycles. The first-order valence-electron chi connectivity index (χ1n) is 5.16. The molecule has 7 heteroatoms. The van der Waals surface area contributed by atoms with Crippen LogP contribution in [0.15, 0.2) is 6.33 Å². The van der Waals surface area contributed by atoms with E-state index in [1.807, 2.05) is 0 Å². The van der Waals surface area contributed by atoms with Crippen molar-refractivity contribution in [3.05, 3.63) is 11.9 Å². The number of nitrogens with one attached hydrogen (secondary N) is 2. The van der Waals surface area contributed by atoms with Crippen molar-refractivity contribution in [2.24, 2.45) is 0 Å². The average molecular weight is 248 g/mol. The predicted octanol–water partition coefficient (Wildman–Crippen LogP) is 2.58. The van der Waals surface area contributed by atoms with Gasteiger partial charge in [0.1, 0.15) is 18.0 Å². The second kappa shape index (κ2) is 5.20. The van der Waals surface area contributed by atoms with E-state index in [1.54, 1.807) is 14.0 Å². The number of alkyl halides is 3. The molecule has 17 heavy (non-hydrogen) atoms. The molecule has 0 amide bonds. The van der Waals surface area contributed by atoms with Gasteiger partial charge in [-0.3, -0.25) is 0 Å². The second-order valence-electron chi connectivity index (χ2n) is 3.81. The SMILES string of the molecule is CNc1ncnc(NC(C)CC(F)(F)F)c1C. The Kier molecular flexibility index (Phi) is 4.14. The van der Waals surface area contributed by atoms with Crippen molar-refractivity contribution in [1.29, 1.82) is 0 Å². The van der Waals surface area contributed by atoms with Crippen LogP contribution < -0.4 is 10.6 Å². The molecule has 0 saturated carbocycles. The molecule has 1 rings (SSSR count). The van der Waals surface area contributed by atoms with E-state index in [2.05, 4.69) is 20.6 Å². The van der Waals surface area contributed by atoms with E-state index in [-0.39, 0.29) is 0 Å². The van der Waals surface area contributed by atoms with Crippen LogP contribution in [0.25, 0.3) is 0 Å². The largest absolute Gasteiger partial charge is 0.391 e. The minimum atomic E-state index is -4.18. The summed E-state index contributed by atoms with van der Waals surface area (Å²) in [7, 11) is 1.69. The van der Waals surface area contributed by atoms with Gasteiger partial charge in [-0.25, -0.2) is 9.97 Å². The van der Waals surface area contributed by atoms with E-state index in [0.717, 1.165) is 0 Å². The number of hydrogen-bond acceptors (Lipinski definition) is 4. The average Bonchev–Trinajstić information content (AvgIpc) is 2.18. The third-order valence-corrected chi connectivity index (χ3v) is 2.24. The van der Waals surface area contributed by atoms with Crippen molar-refractivity contribution in [3.8, 4) is 0 Å². The minimum Gasteiger partial charge on any atom is -0.373 e. The summed E-state index contributed by atoms with van der Waals surface area (Å²) in [5.74, 6) is 1.02. The fourth-order valence-electron chi connectivity index (χ4n) is 1.48. The maximum absolute atomic E-state index is 12.2. The van der Waals surface area contributed by atoms with Crippen LogP contribution >= 0.6 is 0 Å². The molecule has 0 fully saturated rings. The van der Waals surface area contributed by atoms with Gasteiger partial charge in [0.05, 0.1) is 6.42 Å². The molecule has 1 heterocycles. The van der Waals surface area contributed by atoms with Crippen LogP contribution in [0.4, 0.5) is 24.8 Å². The Morgan fingerprint density at radius 3 is 2.41 bits per heavy atom. The molecule has 0 bridgehead atoms. The Hall–Kier alpha value is -1.53. The van der Waals surface area contributed by atoms with Crippen LogP contribution in [-0.4, -0.2) is 29.2 Å². The monoisotopic (exact) mass is 248 g/mol. The van der Waals surface area contributed by atoms with Gasteiger partial charge in [0.25, 0.3) is 0 Å². The summed E-state index contributed by atoms with van der Waals surface area (Å²) in [6.45, 7) is 3.21. The zero-order valence-corrected chi connectivity index (χ0v) is 9.89. The Balaban J connectivity index is 2.75. The summed E-state index contributed by atoms with van der Waals surface area (Å²) in [4.78, 5) is 7.88. The number of hydrogen-bond donors (Lipinski definition) is 2. The molecule has 1 atom stereocenters. The van der Waals surface area contributed by atoms with Gasteiger partial charge in [0.15, 0.2) is 0 Å². The molecule has 2 N–H and O–H groups in total. The molecule has 0 spiro atoms. The van der Waals surface area contributed by atoms with Gasteiger partial charge in [0.2, 0.25) is 0 Å². The summed E-state index contributed by atoms with van der Waals surface area (Å²) in [6, 6.07) is -0.728. The van der Waals surface area contributed by atoms with Crippen molar-refractivity contribution >= 4 is 11.6 Å². The van der Waals surface area contributed by atoms with Gasteiger partial charge < -0.3 is 10.6 Å². The molecule has 1 unspecified atom stereocenters. The highest BCUT2D eigenvalue weighted by Crippen LogP contribution is 2.24. The zero-order chi connectivity index (χ0) is 13.1. The molecule has 0 aromatic carbocycles. The van der Waals surface area contributed by atoms with E-state index >= 15 is 0 Å². The molecular formula is C10H15F3N4. The van der Waals surface area contributed by atoms with E-state index < -0.39 is 18.6 Å². The third-order valence-electron chi connectivity index (χ3n) is 2.24. The van der Waals surface area contributed by atoms with Gasteiger partial charge >= 0.3 is 6.18 Å². The Labute approximate surface area is 97.7 Å². The topological polar surface area (TPSA) is 49.8 Å². The van der Waals surface area contributed by atoms with Gasteiger partial charge in [-0.15, -0.1) is 0 Å². The highest BCUT2D eigenvalue weighted by atomic mass is 19.4. The number of rotatable bonds is 4. The lowest BCUT2D eigenvalue weighted by Gasteiger charge is -2.18. The molecule has 4 nitrogen and oxygen atoms in total. The molecule has 0 aliphatic rings. The van der Waals surface area contributed by atoms with Gasteiger partial charge in [0, 0.05) is 18.7 Å². The number of aromatic nitrogens is 2. The number of halogens is 3. The molecular weight excluding hydrogens is 233 g/mol. The summed E-state index contributed by atoms with van der Waals surface area (Å²) in [6.07, 6.45) is -3.77. The van der Waals surface area contributed by atoms with Gasteiger partial charge in [-0.05, 0) is 13.8 Å². The van der Waals surface area contributed by atoms with Crippen LogP contribution in [-0.2, 0) is 0 Å². The maximum Gasteiger partial charge on any atom is 0.391 e. The summed E-state index contributed by atoms with van der Waals surface area (Å²) < 4.78 is 36.5. The van der Waals surface area contributed by atoms with Gasteiger partial charge in [-0.1, -0.05) is 0 Å². The van der Waals surface area contributed by atoms with Crippen molar-refractivity contribution < 1.29 is 13.2 Å². The molecule has 1 aromatic rings. The smallest absolute Gasteiger partial charge is 0.373 e. The van der Waals surface area contributed by atoms with Crippen LogP contribution in [0.5, 0.6) is 0 Å². The third kappa shape index (κ3) is 4.08. The van der Waals surface area contributed by atoms with Crippen molar-refractivity contribution in [1.82, 2.24) is 9.97 Å². The van der Waals surface area contributed by atoms with Crippen LogP contribution in [0, 0.1) is 6.92 Å². The highest BCUT2D eigenvalue weighted by Gasteiger charge is 2.30. The first-order valence-corrected chi connectivity index (χ1v) is 5.16. The van der Waals surface area contributed by atoms with Crippen LogP contribution in [0.3, 0.4) is 0 Å². The Morgan fingerprint density at radius 2 is 1.88 bits per heavy atom. The summed E-state index contributed by atoms with van der Waals surface area (Å²) in [5, 5.41) is 5.57. The molecule has 0 radical (unpaired) electrons. The normalized spacial score (nSPS) is 13.3. The Morgan fingerprint density at radius 1 is 1.29 bits per heavy atom. The lowest BCUT2D eigenvalue weighted by Crippen LogP contribution is -2.24. The maximum atomic E-state index is 12.2. The summed E-state index contributed by atoms with van der Waals surface area (Å²) in [5.41, 5.74) is 0.698. The lowest BCUT2D eigenvalue weighted by atomic mass is 10.2. The van der Waals surface area contributed by atoms with Crippen molar-refractivity contribution in [2.45, 2.75) is 32.5 Å². The standard InChI is InChI=1S/C10H15F3N4/c1-6(4-10(11,12)13)17-9-7(2)8(14-3)15-5-16-9/h5-6H,4H2,1-3H3,(H2,14,15,16,17). The van der Waals surface area contributed by atoms with Gasteiger partial charge in [-0.2, -0.15) is 13.2 Å². The fourth-order valence-corrected chi connectivity index (χ4v) is 1.48. The van der Waals surface area contributed by atoms with E-state index in [4.69, 9.17) is 0 Å². The lowest BCUT2D eigenvalue weighted by molar-refractivity contribution is -0.136. The van der Waals surface area contributed by atoms with Crippen molar-refractivity contribution in [2.75, 3.05) is 17.7 Å². The van der Waals surface area contributed by atoms with E-state index in [1.165, 1.54) is 13.3 Å². The van der Waals surface area contributed by atoms with Crippen LogP contribution in [0.2, 0.25) is 0 Å². The zero-order valence-electron chi connectivity index (χ0n) is 9.89. The molecule has 0 aliphatic carbocycles. The number of anilines is 2. The number of nitrogens with zero attached hydrogens (tertiary/aromatic N) is 2. The second-order valence-corrected chi connectivity index (χ2v) is 3.81. The Bertz CT molecular complexity index is 378. The van der Waals surface area contributed by atoms with E-state index in [0.29, 0.717) is 17.2 Å². The highest BCUT2D eigenvalue weighted by molar-refractivity contribution is 5.56. The summed E-state index contributed by atoms with van der Waals surface area (Å²) >= 11 is 0. The quantitative estimate of drug-likeness (QED) is 0.859. The van der Waals surface area contributed by atoms with Crippen LogP contribution in [0.1, 0.15) is 18.9 Å². The fraction of sp³-hybridized carbons (Fsp3) is 0.600. The minimum absolute atomic E-state index is 0.418. The predicted molar refractivity (Wildman–Crippen MR) is 60.1 cm³/mol. The van der Waals surface area contributed by atoms with E-state index in [9.17, 15) is 13.2 Å². The first kappa shape index (κ1) is 13.5. The molecule has 96 valence electrons. The molecule has 1 aromatic heterocycles. The van der Waals surface area contributed by atoms with Crippen molar-refractivity contribution in [3.63, 3.8) is 0 Å². The molecule has 0 saturated heterocycles. The first-order chi connectivity index (χ1) is 7.83.